The monoisotopic (exact) mass is 409 g/mol. The Morgan fingerprint density at radius 1 is 1.17 bits per heavy atom. The average molecular weight is 410 g/mol. The van der Waals surface area contributed by atoms with E-state index in [2.05, 4.69) is 46.6 Å². The van der Waals surface area contributed by atoms with Crippen molar-refractivity contribution in [1.82, 2.24) is 25.0 Å². The molecule has 1 unspecified atom stereocenters. The second-order valence-corrected chi connectivity index (χ2v) is 8.09. The lowest BCUT2D eigenvalue weighted by Crippen LogP contribution is -2.39. The smallest absolute Gasteiger partial charge is 0.317 e. The summed E-state index contributed by atoms with van der Waals surface area (Å²) < 4.78 is 1.71. The molecular formula is C22H27N5OS. The van der Waals surface area contributed by atoms with Gasteiger partial charge >= 0.3 is 6.03 Å². The Labute approximate surface area is 176 Å². The predicted octanol–water partition coefficient (Wildman–Crippen LogP) is 4.21. The highest BCUT2D eigenvalue weighted by Crippen LogP contribution is 2.20. The Kier molecular flexibility index (Phi) is 7.30. The second-order valence-electron chi connectivity index (χ2n) is 6.99. The van der Waals surface area contributed by atoms with E-state index in [1.165, 1.54) is 17.5 Å². The topological polar surface area (TPSA) is 63.1 Å². The number of nitrogens with one attached hydrogen (secondary N) is 1. The third-order valence-electron chi connectivity index (χ3n) is 4.87. The van der Waals surface area contributed by atoms with Crippen molar-refractivity contribution in [2.45, 2.75) is 25.6 Å². The Bertz CT molecular complexity index is 894. The zero-order chi connectivity index (χ0) is 20.6. The lowest BCUT2D eigenvalue weighted by Gasteiger charge is -2.25. The molecule has 1 heterocycles. The average Bonchev–Trinajstić information content (AvgIpc) is 3.28. The van der Waals surface area contributed by atoms with Crippen molar-refractivity contribution in [3.8, 4) is 5.69 Å². The molecule has 0 saturated heterocycles. The number of aromatic nitrogens is 3. The fourth-order valence-corrected chi connectivity index (χ4v) is 3.69. The van der Waals surface area contributed by atoms with Crippen LogP contribution in [0.5, 0.6) is 0 Å². The molecule has 1 atom stereocenters. The van der Waals surface area contributed by atoms with Crippen LogP contribution in [0.25, 0.3) is 5.69 Å². The first-order chi connectivity index (χ1) is 14.0. The van der Waals surface area contributed by atoms with Crippen LogP contribution in [0.15, 0.2) is 61.2 Å². The summed E-state index contributed by atoms with van der Waals surface area (Å²) >= 11 is 1.82. The Morgan fingerprint density at radius 3 is 2.55 bits per heavy atom. The Morgan fingerprint density at radius 2 is 1.90 bits per heavy atom. The van der Waals surface area contributed by atoms with Crippen molar-refractivity contribution in [3.05, 3.63) is 77.9 Å². The highest BCUT2D eigenvalue weighted by molar-refractivity contribution is 7.98. The van der Waals surface area contributed by atoms with Gasteiger partial charge in [0.15, 0.2) is 0 Å². The van der Waals surface area contributed by atoms with E-state index in [4.69, 9.17) is 0 Å². The summed E-state index contributed by atoms with van der Waals surface area (Å²) in [6, 6.07) is 16.5. The van der Waals surface area contributed by atoms with Crippen LogP contribution in [0, 0.1) is 6.92 Å². The molecule has 0 bridgehead atoms. The van der Waals surface area contributed by atoms with Gasteiger partial charge in [0.2, 0.25) is 0 Å². The van der Waals surface area contributed by atoms with Crippen LogP contribution >= 0.6 is 11.8 Å². The number of carbonyl (C=O) groups is 1. The van der Waals surface area contributed by atoms with Crippen LogP contribution in [-0.2, 0) is 5.75 Å². The molecule has 0 aliphatic carbocycles. The number of benzene rings is 2. The summed E-state index contributed by atoms with van der Waals surface area (Å²) in [5, 5.41) is 7.13. The van der Waals surface area contributed by atoms with E-state index in [9.17, 15) is 4.79 Å². The molecule has 0 aliphatic heterocycles. The molecule has 0 radical (unpaired) electrons. The maximum Gasteiger partial charge on any atom is 0.317 e. The summed E-state index contributed by atoms with van der Waals surface area (Å²) in [6.07, 6.45) is 3.17. The molecule has 152 valence electrons. The van der Waals surface area contributed by atoms with E-state index in [0.717, 1.165) is 22.8 Å². The number of rotatable bonds is 8. The first-order valence-corrected chi connectivity index (χ1v) is 10.8. The molecule has 29 heavy (non-hydrogen) atoms. The van der Waals surface area contributed by atoms with Gasteiger partial charge < -0.3 is 10.2 Å². The van der Waals surface area contributed by atoms with Crippen LogP contribution in [-0.4, -0.2) is 45.0 Å². The van der Waals surface area contributed by atoms with Gasteiger partial charge in [-0.25, -0.2) is 14.5 Å². The number of thioether (sulfide) groups is 1. The summed E-state index contributed by atoms with van der Waals surface area (Å²) in [6.45, 7) is 4.77. The fraction of sp³-hybridized carbons (Fsp3) is 0.318. The lowest BCUT2D eigenvalue weighted by molar-refractivity contribution is 0.195. The molecule has 3 aromatic rings. The van der Waals surface area contributed by atoms with Crippen LogP contribution in [0.1, 0.15) is 29.7 Å². The minimum Gasteiger partial charge on any atom is -0.337 e. The van der Waals surface area contributed by atoms with E-state index in [-0.39, 0.29) is 12.1 Å². The standard InChI is InChI=1S/C22H27N5OS/c1-17-4-6-19(7-5-17)14-29-13-12-24-22(28)26(3)18(2)20-8-10-21(11-9-20)27-16-23-15-25-27/h4-11,15-16,18H,12-14H2,1-3H3,(H,24,28). The van der Waals surface area contributed by atoms with Gasteiger partial charge in [0, 0.05) is 25.1 Å². The normalized spacial score (nSPS) is 11.8. The molecule has 0 spiro atoms. The molecule has 2 aromatic carbocycles. The number of amides is 2. The number of carbonyl (C=O) groups excluding carboxylic acids is 1. The molecule has 7 heteroatoms. The van der Waals surface area contributed by atoms with Crippen molar-refractivity contribution in [1.29, 1.82) is 0 Å². The van der Waals surface area contributed by atoms with Crippen LogP contribution in [0.3, 0.4) is 0 Å². The molecule has 0 fully saturated rings. The van der Waals surface area contributed by atoms with Gasteiger partial charge in [0.05, 0.1) is 11.7 Å². The quantitative estimate of drug-likeness (QED) is 0.566. The maximum atomic E-state index is 12.5. The number of urea groups is 1. The third kappa shape index (κ3) is 5.84. The fourth-order valence-electron chi connectivity index (χ4n) is 2.88. The van der Waals surface area contributed by atoms with E-state index >= 15 is 0 Å². The first kappa shape index (κ1) is 20.9. The van der Waals surface area contributed by atoms with Crippen molar-refractivity contribution in [2.24, 2.45) is 0 Å². The van der Waals surface area contributed by atoms with Gasteiger partial charge in [-0.15, -0.1) is 0 Å². The molecule has 6 nitrogen and oxygen atoms in total. The van der Waals surface area contributed by atoms with Gasteiger partial charge in [0.25, 0.3) is 0 Å². The van der Waals surface area contributed by atoms with Gasteiger partial charge in [-0.05, 0) is 37.1 Å². The van der Waals surface area contributed by atoms with Crippen molar-refractivity contribution in [2.75, 3.05) is 19.3 Å². The summed E-state index contributed by atoms with van der Waals surface area (Å²) in [5.41, 5.74) is 4.60. The summed E-state index contributed by atoms with van der Waals surface area (Å²) in [4.78, 5) is 18.2. The zero-order valence-corrected chi connectivity index (χ0v) is 17.9. The van der Waals surface area contributed by atoms with E-state index < -0.39 is 0 Å². The molecule has 2 amide bonds. The number of hydrogen-bond donors (Lipinski definition) is 1. The van der Waals surface area contributed by atoms with Crippen LogP contribution in [0.2, 0.25) is 0 Å². The molecule has 3 rings (SSSR count). The maximum absolute atomic E-state index is 12.5. The Balaban J connectivity index is 1.42. The van der Waals surface area contributed by atoms with Crippen molar-refractivity contribution in [3.63, 3.8) is 0 Å². The molecule has 1 aromatic heterocycles. The number of aryl methyl sites for hydroxylation is 1. The van der Waals surface area contributed by atoms with Gasteiger partial charge in [-0.1, -0.05) is 42.0 Å². The molecule has 1 N–H and O–H groups in total. The number of hydrogen-bond acceptors (Lipinski definition) is 4. The van der Waals surface area contributed by atoms with Crippen LogP contribution < -0.4 is 5.32 Å². The first-order valence-electron chi connectivity index (χ1n) is 9.63. The third-order valence-corrected chi connectivity index (χ3v) is 5.90. The lowest BCUT2D eigenvalue weighted by atomic mass is 10.1. The predicted molar refractivity (Wildman–Crippen MR) is 118 cm³/mol. The molecular weight excluding hydrogens is 382 g/mol. The second kappa shape index (κ2) is 10.1. The van der Waals surface area contributed by atoms with E-state index in [0.29, 0.717) is 6.54 Å². The SMILES string of the molecule is Cc1ccc(CSCCNC(=O)N(C)C(C)c2ccc(-n3cncn3)cc2)cc1. The minimum atomic E-state index is -0.0613. The molecule has 0 aliphatic rings. The van der Waals surface area contributed by atoms with Gasteiger partial charge in [0.1, 0.15) is 12.7 Å². The zero-order valence-electron chi connectivity index (χ0n) is 17.1. The number of nitrogens with zero attached hydrogens (tertiary/aromatic N) is 4. The van der Waals surface area contributed by atoms with E-state index in [1.54, 1.807) is 15.9 Å². The largest absolute Gasteiger partial charge is 0.337 e. The van der Waals surface area contributed by atoms with Crippen molar-refractivity contribution >= 4 is 17.8 Å². The summed E-state index contributed by atoms with van der Waals surface area (Å²) in [5.74, 6) is 1.84. The highest BCUT2D eigenvalue weighted by atomic mass is 32.2. The summed E-state index contributed by atoms with van der Waals surface area (Å²) in [7, 11) is 1.82. The van der Waals surface area contributed by atoms with Crippen LogP contribution in [0.4, 0.5) is 4.79 Å². The van der Waals surface area contributed by atoms with Gasteiger partial charge in [-0.2, -0.15) is 16.9 Å². The minimum absolute atomic E-state index is 0.0278. The van der Waals surface area contributed by atoms with Crippen molar-refractivity contribution < 1.29 is 4.79 Å². The molecule has 0 saturated carbocycles. The van der Waals surface area contributed by atoms with E-state index in [1.807, 2.05) is 50.0 Å². The highest BCUT2D eigenvalue weighted by Gasteiger charge is 2.17. The Hall–Kier alpha value is -2.80. The van der Waals surface area contributed by atoms with Gasteiger partial charge in [-0.3, -0.25) is 0 Å².